The van der Waals surface area contributed by atoms with Crippen molar-refractivity contribution < 1.29 is 13.9 Å². The van der Waals surface area contributed by atoms with Crippen molar-refractivity contribution in [1.82, 2.24) is 4.90 Å². The monoisotopic (exact) mass is 535 g/mol. The summed E-state index contributed by atoms with van der Waals surface area (Å²) >= 11 is 4.74. The Balaban J connectivity index is 1.63. The van der Waals surface area contributed by atoms with Gasteiger partial charge in [-0.2, -0.15) is 5.26 Å². The van der Waals surface area contributed by atoms with E-state index in [1.807, 2.05) is 43.3 Å². The first-order valence-electron chi connectivity index (χ1n) is 10.4. The Morgan fingerprint density at radius 2 is 1.94 bits per heavy atom. The summed E-state index contributed by atoms with van der Waals surface area (Å²) in [5.41, 5.74) is 2.63. The molecule has 1 fully saturated rings. The molecule has 0 radical (unpaired) electrons. The number of hydrogen-bond acceptors (Lipinski definition) is 5. The molecule has 0 spiro atoms. The number of halogens is 2. The zero-order valence-electron chi connectivity index (χ0n) is 18.2. The maximum Gasteiger partial charge on any atom is 0.266 e. The van der Waals surface area contributed by atoms with Gasteiger partial charge in [-0.25, -0.2) is 9.38 Å². The number of likely N-dealkylation sites (N-methyl/N-ethyl adjacent to an activating group) is 1. The molecule has 8 heteroatoms. The summed E-state index contributed by atoms with van der Waals surface area (Å²) in [5, 5.41) is 9.86. The van der Waals surface area contributed by atoms with Gasteiger partial charge in [0, 0.05) is 22.1 Å². The number of amides is 1. The van der Waals surface area contributed by atoms with Crippen molar-refractivity contribution in [3.8, 4) is 11.8 Å². The first-order valence-corrected chi connectivity index (χ1v) is 12.1. The van der Waals surface area contributed by atoms with Crippen molar-refractivity contribution >= 4 is 50.5 Å². The zero-order chi connectivity index (χ0) is 24.1. The Morgan fingerprint density at radius 1 is 1.18 bits per heavy atom. The predicted molar refractivity (Wildman–Crippen MR) is 136 cm³/mol. The van der Waals surface area contributed by atoms with Gasteiger partial charge in [0.15, 0.2) is 5.17 Å². The standard InChI is InChI=1S/C26H19BrFN3O2S/c1-2-31-25(32)24(34-26(31)30-22-10-8-21(28)9-11-22)14-19-13-20(27)7-12-23(19)33-16-18-6-4-3-5-17(18)15-29/h3-14H,2,16H2,1H3/b24-14+,30-26?. The highest BCUT2D eigenvalue weighted by atomic mass is 79.9. The van der Waals surface area contributed by atoms with E-state index in [9.17, 15) is 14.4 Å². The van der Waals surface area contributed by atoms with E-state index in [1.165, 1.54) is 23.9 Å². The summed E-state index contributed by atoms with van der Waals surface area (Å²) in [6.07, 6.45) is 1.78. The zero-order valence-corrected chi connectivity index (χ0v) is 20.6. The number of amidine groups is 1. The fourth-order valence-electron chi connectivity index (χ4n) is 3.31. The molecule has 1 heterocycles. The van der Waals surface area contributed by atoms with Crippen LogP contribution in [0.4, 0.5) is 10.1 Å². The van der Waals surface area contributed by atoms with Crippen LogP contribution in [0.2, 0.25) is 0 Å². The SMILES string of the molecule is CCN1C(=O)/C(=C\c2cc(Br)ccc2OCc2ccccc2C#N)SC1=Nc1ccc(F)cc1. The summed E-state index contributed by atoms with van der Waals surface area (Å²) in [6, 6.07) is 20.8. The highest BCUT2D eigenvalue weighted by Crippen LogP contribution is 2.36. The summed E-state index contributed by atoms with van der Waals surface area (Å²) in [6.45, 7) is 2.55. The van der Waals surface area contributed by atoms with E-state index in [0.717, 1.165) is 15.6 Å². The number of nitrogens with zero attached hydrogens (tertiary/aromatic N) is 3. The Bertz CT molecular complexity index is 1330. The number of thioether (sulfide) groups is 1. The van der Waals surface area contributed by atoms with Gasteiger partial charge in [0.2, 0.25) is 0 Å². The highest BCUT2D eigenvalue weighted by molar-refractivity contribution is 9.10. The third kappa shape index (κ3) is 5.38. The quantitative estimate of drug-likeness (QED) is 0.331. The number of carbonyl (C=O) groups is 1. The Hall–Kier alpha value is -3.41. The van der Waals surface area contributed by atoms with Crippen LogP contribution in [0, 0.1) is 17.1 Å². The lowest BCUT2D eigenvalue weighted by molar-refractivity contribution is -0.122. The molecule has 1 amide bonds. The van der Waals surface area contributed by atoms with Crippen molar-refractivity contribution in [2.75, 3.05) is 6.54 Å². The third-order valence-electron chi connectivity index (χ3n) is 5.04. The fraction of sp³-hybridized carbons (Fsp3) is 0.115. The summed E-state index contributed by atoms with van der Waals surface area (Å²) < 4.78 is 20.1. The van der Waals surface area contributed by atoms with Crippen LogP contribution in [0.3, 0.4) is 0 Å². The number of ether oxygens (including phenoxy) is 1. The molecule has 0 bridgehead atoms. The van der Waals surface area contributed by atoms with Crippen LogP contribution in [-0.2, 0) is 11.4 Å². The molecule has 1 aliphatic rings. The number of benzene rings is 3. The molecule has 3 aromatic carbocycles. The van der Waals surface area contributed by atoms with Crippen molar-refractivity contribution in [2.45, 2.75) is 13.5 Å². The van der Waals surface area contributed by atoms with E-state index in [4.69, 9.17) is 4.74 Å². The van der Waals surface area contributed by atoms with Crippen LogP contribution in [-0.4, -0.2) is 22.5 Å². The number of hydrogen-bond donors (Lipinski definition) is 0. The first-order chi connectivity index (χ1) is 16.5. The van der Waals surface area contributed by atoms with Gasteiger partial charge in [-0.1, -0.05) is 34.1 Å². The lowest BCUT2D eigenvalue weighted by atomic mass is 10.1. The minimum atomic E-state index is -0.341. The average molecular weight is 536 g/mol. The first kappa shape index (κ1) is 23.7. The molecule has 5 nitrogen and oxygen atoms in total. The van der Waals surface area contributed by atoms with Gasteiger partial charge in [0.25, 0.3) is 5.91 Å². The highest BCUT2D eigenvalue weighted by Gasteiger charge is 2.32. The van der Waals surface area contributed by atoms with Crippen molar-refractivity contribution in [3.63, 3.8) is 0 Å². The Kier molecular flexibility index (Phi) is 7.46. The normalized spacial score (nSPS) is 15.7. The molecule has 34 heavy (non-hydrogen) atoms. The summed E-state index contributed by atoms with van der Waals surface area (Å²) in [4.78, 5) is 19.7. The van der Waals surface area contributed by atoms with Crippen LogP contribution in [0.5, 0.6) is 5.75 Å². The summed E-state index contributed by atoms with van der Waals surface area (Å²) in [5.74, 6) is 0.0875. The fourth-order valence-corrected chi connectivity index (χ4v) is 4.74. The van der Waals surface area contributed by atoms with E-state index in [2.05, 4.69) is 27.0 Å². The molecule has 0 saturated carbocycles. The molecular formula is C26H19BrFN3O2S. The maximum absolute atomic E-state index is 13.2. The van der Waals surface area contributed by atoms with Crippen LogP contribution in [0.1, 0.15) is 23.6 Å². The topological polar surface area (TPSA) is 65.7 Å². The minimum absolute atomic E-state index is 0.158. The van der Waals surface area contributed by atoms with Crippen molar-refractivity contribution in [3.05, 3.63) is 98.6 Å². The molecular weight excluding hydrogens is 517 g/mol. The van der Waals surface area contributed by atoms with Crippen LogP contribution in [0.25, 0.3) is 6.08 Å². The Morgan fingerprint density at radius 3 is 2.68 bits per heavy atom. The molecule has 3 aromatic rings. The van der Waals surface area contributed by atoms with Crippen molar-refractivity contribution in [2.24, 2.45) is 4.99 Å². The van der Waals surface area contributed by atoms with Gasteiger partial charge in [0.05, 0.1) is 22.2 Å². The van der Waals surface area contributed by atoms with E-state index < -0.39 is 0 Å². The molecule has 0 aromatic heterocycles. The maximum atomic E-state index is 13.2. The van der Waals surface area contributed by atoms with E-state index in [1.54, 1.807) is 29.2 Å². The second-order valence-corrected chi connectivity index (χ2v) is 9.20. The number of nitriles is 1. The van der Waals surface area contributed by atoms with Gasteiger partial charge in [-0.05, 0) is 73.3 Å². The largest absolute Gasteiger partial charge is 0.488 e. The van der Waals surface area contributed by atoms with E-state index >= 15 is 0 Å². The number of carbonyl (C=O) groups excluding carboxylic acids is 1. The lowest BCUT2D eigenvalue weighted by Crippen LogP contribution is -2.28. The smallest absolute Gasteiger partial charge is 0.266 e. The van der Waals surface area contributed by atoms with Crippen LogP contribution >= 0.6 is 27.7 Å². The van der Waals surface area contributed by atoms with E-state index in [-0.39, 0.29) is 18.3 Å². The second-order valence-electron chi connectivity index (χ2n) is 7.27. The molecule has 0 unspecified atom stereocenters. The summed E-state index contributed by atoms with van der Waals surface area (Å²) in [7, 11) is 0. The number of rotatable bonds is 6. The van der Waals surface area contributed by atoms with Crippen LogP contribution in [0.15, 0.2) is 81.1 Å². The predicted octanol–water partition coefficient (Wildman–Crippen LogP) is 6.66. The van der Waals surface area contributed by atoms with Gasteiger partial charge >= 0.3 is 0 Å². The number of aliphatic imine (C=N–C) groups is 1. The molecule has 0 atom stereocenters. The molecule has 1 saturated heterocycles. The molecule has 4 rings (SSSR count). The molecule has 0 N–H and O–H groups in total. The van der Waals surface area contributed by atoms with Gasteiger partial charge in [-0.15, -0.1) is 0 Å². The minimum Gasteiger partial charge on any atom is -0.488 e. The van der Waals surface area contributed by atoms with Gasteiger partial charge < -0.3 is 4.74 Å². The third-order valence-corrected chi connectivity index (χ3v) is 6.53. The second kappa shape index (κ2) is 10.7. The molecule has 170 valence electrons. The van der Waals surface area contributed by atoms with Crippen LogP contribution < -0.4 is 4.74 Å². The van der Waals surface area contributed by atoms with Gasteiger partial charge in [0.1, 0.15) is 18.2 Å². The Labute approximate surface area is 209 Å². The lowest BCUT2D eigenvalue weighted by Gasteiger charge is -2.12. The molecule has 1 aliphatic heterocycles. The van der Waals surface area contributed by atoms with Gasteiger partial charge in [-0.3, -0.25) is 9.69 Å². The average Bonchev–Trinajstić information content (AvgIpc) is 3.13. The molecule has 0 aliphatic carbocycles. The van der Waals surface area contributed by atoms with E-state index in [0.29, 0.717) is 33.6 Å². The van der Waals surface area contributed by atoms with Crippen molar-refractivity contribution in [1.29, 1.82) is 5.26 Å².